The predicted molar refractivity (Wildman–Crippen MR) is 72.5 cm³/mol. The van der Waals surface area contributed by atoms with Gasteiger partial charge in [-0.15, -0.1) is 0 Å². The summed E-state index contributed by atoms with van der Waals surface area (Å²) in [6.45, 7) is 5.31. The first-order valence-electron chi connectivity index (χ1n) is 6.27. The van der Waals surface area contributed by atoms with Crippen molar-refractivity contribution in [2.75, 3.05) is 6.54 Å². The van der Waals surface area contributed by atoms with Crippen LogP contribution in [0.4, 0.5) is 5.69 Å². The van der Waals surface area contributed by atoms with Crippen molar-refractivity contribution in [3.8, 4) is 5.75 Å². The third-order valence-corrected chi connectivity index (χ3v) is 2.68. The van der Waals surface area contributed by atoms with Crippen molar-refractivity contribution in [3.63, 3.8) is 0 Å². The topological polar surface area (TPSA) is 102 Å². The second-order valence-corrected chi connectivity index (χ2v) is 4.31. The molecular weight excluding hydrogens is 264 g/mol. The average Bonchev–Trinajstić information content (AvgIpc) is 2.38. The number of nitro benzene ring substituents is 1. The highest BCUT2D eigenvalue weighted by Crippen LogP contribution is 2.30. The SMILES string of the molecule is CCNC(=O)C(C)Oc1ccc([N+](=O)[O-])cc1[C@@H](C)O. The van der Waals surface area contributed by atoms with Crippen molar-refractivity contribution in [2.24, 2.45) is 0 Å². The minimum Gasteiger partial charge on any atom is -0.481 e. The Balaban J connectivity index is 3.00. The summed E-state index contributed by atoms with van der Waals surface area (Å²) in [6.07, 6.45) is -1.69. The molecule has 0 radical (unpaired) electrons. The molecule has 2 N–H and O–H groups in total. The Morgan fingerprint density at radius 3 is 2.65 bits per heavy atom. The van der Waals surface area contributed by atoms with Gasteiger partial charge in [-0.3, -0.25) is 14.9 Å². The molecule has 1 aromatic carbocycles. The van der Waals surface area contributed by atoms with Crippen LogP contribution in [0.25, 0.3) is 0 Å². The standard InChI is InChI=1S/C13H18N2O5/c1-4-14-13(17)9(3)20-12-6-5-10(15(18)19)7-11(12)8(2)16/h5-9,16H,4H2,1-3H3,(H,14,17)/t8-,9?/m1/s1. The van der Waals surface area contributed by atoms with Crippen LogP contribution in [0.2, 0.25) is 0 Å². The van der Waals surface area contributed by atoms with Gasteiger partial charge in [0.2, 0.25) is 0 Å². The predicted octanol–water partition coefficient (Wildman–Crippen LogP) is 1.55. The lowest BCUT2D eigenvalue weighted by molar-refractivity contribution is -0.385. The number of nitrogens with one attached hydrogen (secondary N) is 1. The zero-order valence-electron chi connectivity index (χ0n) is 11.6. The van der Waals surface area contributed by atoms with Crippen LogP contribution in [0.15, 0.2) is 18.2 Å². The van der Waals surface area contributed by atoms with E-state index in [0.29, 0.717) is 6.54 Å². The molecule has 0 spiro atoms. The third kappa shape index (κ3) is 3.92. The fraction of sp³-hybridized carbons (Fsp3) is 0.462. The summed E-state index contributed by atoms with van der Waals surface area (Å²) in [5, 5.41) is 23.0. The summed E-state index contributed by atoms with van der Waals surface area (Å²) in [5.41, 5.74) is 0.134. The number of hydrogen-bond acceptors (Lipinski definition) is 5. The lowest BCUT2D eigenvalue weighted by atomic mass is 10.1. The number of benzene rings is 1. The van der Waals surface area contributed by atoms with Gasteiger partial charge in [0.15, 0.2) is 6.10 Å². The molecule has 0 bridgehead atoms. The second-order valence-electron chi connectivity index (χ2n) is 4.31. The molecule has 110 valence electrons. The number of non-ortho nitro benzene ring substituents is 1. The third-order valence-electron chi connectivity index (χ3n) is 2.68. The number of aliphatic hydroxyl groups is 1. The molecule has 1 unspecified atom stereocenters. The van der Waals surface area contributed by atoms with Gasteiger partial charge in [0.05, 0.1) is 11.0 Å². The van der Waals surface area contributed by atoms with Crippen LogP contribution in [0, 0.1) is 10.1 Å². The number of amides is 1. The van der Waals surface area contributed by atoms with E-state index < -0.39 is 17.1 Å². The van der Waals surface area contributed by atoms with Crippen LogP contribution in [-0.4, -0.2) is 28.6 Å². The quantitative estimate of drug-likeness (QED) is 0.609. The van der Waals surface area contributed by atoms with Crippen LogP contribution >= 0.6 is 0 Å². The molecule has 0 saturated carbocycles. The van der Waals surface area contributed by atoms with Gasteiger partial charge in [0.1, 0.15) is 5.75 Å². The number of nitro groups is 1. The van der Waals surface area contributed by atoms with Gasteiger partial charge in [0, 0.05) is 24.2 Å². The van der Waals surface area contributed by atoms with E-state index in [4.69, 9.17) is 4.74 Å². The first-order chi connectivity index (χ1) is 9.36. The lowest BCUT2D eigenvalue weighted by Crippen LogP contribution is -2.36. The maximum absolute atomic E-state index is 11.6. The number of rotatable bonds is 6. The molecule has 20 heavy (non-hydrogen) atoms. The first kappa shape index (κ1) is 15.9. The van der Waals surface area contributed by atoms with Gasteiger partial charge in [-0.25, -0.2) is 0 Å². The van der Waals surface area contributed by atoms with Crippen LogP contribution in [-0.2, 0) is 4.79 Å². The Labute approximate surface area is 116 Å². The fourth-order valence-electron chi connectivity index (χ4n) is 1.65. The molecule has 0 aliphatic heterocycles. The molecule has 0 aliphatic carbocycles. The molecule has 7 nitrogen and oxygen atoms in total. The number of ether oxygens (including phenoxy) is 1. The zero-order valence-corrected chi connectivity index (χ0v) is 11.6. The highest BCUT2D eigenvalue weighted by Gasteiger charge is 2.19. The van der Waals surface area contributed by atoms with Crippen LogP contribution in [0.3, 0.4) is 0 Å². The first-order valence-corrected chi connectivity index (χ1v) is 6.27. The van der Waals surface area contributed by atoms with Crippen molar-refractivity contribution < 1.29 is 19.6 Å². The van der Waals surface area contributed by atoms with E-state index in [2.05, 4.69) is 5.32 Å². The molecule has 7 heteroatoms. The normalized spacial score (nSPS) is 13.4. The van der Waals surface area contributed by atoms with Gasteiger partial charge in [-0.1, -0.05) is 0 Å². The summed E-state index contributed by atoms with van der Waals surface area (Å²) in [6, 6.07) is 3.89. The number of carbonyl (C=O) groups excluding carboxylic acids is 1. The molecule has 1 rings (SSSR count). The van der Waals surface area contributed by atoms with E-state index in [1.807, 2.05) is 0 Å². The summed E-state index contributed by atoms with van der Waals surface area (Å²) in [4.78, 5) is 21.8. The molecule has 0 aliphatic rings. The zero-order chi connectivity index (χ0) is 15.3. The highest BCUT2D eigenvalue weighted by atomic mass is 16.6. The highest BCUT2D eigenvalue weighted by molar-refractivity contribution is 5.80. The Bertz CT molecular complexity index is 502. The van der Waals surface area contributed by atoms with Crippen molar-refractivity contribution in [3.05, 3.63) is 33.9 Å². The molecule has 1 amide bonds. The molecule has 0 aromatic heterocycles. The molecule has 0 saturated heterocycles. The number of carbonyl (C=O) groups is 1. The Morgan fingerprint density at radius 1 is 1.50 bits per heavy atom. The molecule has 0 heterocycles. The lowest BCUT2D eigenvalue weighted by Gasteiger charge is -2.17. The Kier molecular flexibility index (Phi) is 5.45. The van der Waals surface area contributed by atoms with Gasteiger partial charge in [-0.2, -0.15) is 0 Å². The van der Waals surface area contributed by atoms with Crippen LogP contribution < -0.4 is 10.1 Å². The molecule has 0 fully saturated rings. The average molecular weight is 282 g/mol. The van der Waals surface area contributed by atoms with Gasteiger partial charge < -0.3 is 15.2 Å². The Morgan fingerprint density at radius 2 is 2.15 bits per heavy atom. The maximum Gasteiger partial charge on any atom is 0.270 e. The van der Waals surface area contributed by atoms with E-state index in [1.165, 1.54) is 25.1 Å². The Hall–Kier alpha value is -2.15. The van der Waals surface area contributed by atoms with Crippen LogP contribution in [0.5, 0.6) is 5.75 Å². The summed E-state index contributed by atoms with van der Waals surface area (Å²) < 4.78 is 5.46. The van der Waals surface area contributed by atoms with E-state index in [0.717, 1.165) is 0 Å². The molecular formula is C13H18N2O5. The summed E-state index contributed by atoms with van der Waals surface area (Å²) in [5.74, 6) is -0.0354. The van der Waals surface area contributed by atoms with Gasteiger partial charge in [-0.05, 0) is 26.8 Å². The number of nitrogens with zero attached hydrogens (tertiary/aromatic N) is 1. The summed E-state index contributed by atoms with van der Waals surface area (Å²) >= 11 is 0. The van der Waals surface area contributed by atoms with Crippen LogP contribution in [0.1, 0.15) is 32.4 Å². The van der Waals surface area contributed by atoms with E-state index >= 15 is 0 Å². The monoisotopic (exact) mass is 282 g/mol. The second kappa shape index (κ2) is 6.85. The summed E-state index contributed by atoms with van der Waals surface area (Å²) in [7, 11) is 0. The fourth-order valence-corrected chi connectivity index (χ4v) is 1.65. The minimum absolute atomic E-state index is 0.140. The van der Waals surface area contributed by atoms with E-state index in [-0.39, 0.29) is 22.9 Å². The van der Waals surface area contributed by atoms with Crippen molar-refractivity contribution in [2.45, 2.75) is 33.0 Å². The van der Waals surface area contributed by atoms with Crippen molar-refractivity contribution >= 4 is 11.6 Å². The largest absolute Gasteiger partial charge is 0.481 e. The van der Waals surface area contributed by atoms with E-state index in [9.17, 15) is 20.0 Å². The number of hydrogen-bond donors (Lipinski definition) is 2. The number of likely N-dealkylation sites (N-methyl/N-ethyl adjacent to an activating group) is 1. The number of aliphatic hydroxyl groups excluding tert-OH is 1. The molecule has 2 atom stereocenters. The van der Waals surface area contributed by atoms with Gasteiger partial charge in [0.25, 0.3) is 11.6 Å². The van der Waals surface area contributed by atoms with Crippen molar-refractivity contribution in [1.82, 2.24) is 5.32 Å². The minimum atomic E-state index is -0.939. The van der Waals surface area contributed by atoms with E-state index in [1.54, 1.807) is 13.8 Å². The van der Waals surface area contributed by atoms with Crippen molar-refractivity contribution in [1.29, 1.82) is 0 Å². The maximum atomic E-state index is 11.6. The molecule has 1 aromatic rings. The van der Waals surface area contributed by atoms with Gasteiger partial charge >= 0.3 is 0 Å². The smallest absolute Gasteiger partial charge is 0.270 e.